The van der Waals surface area contributed by atoms with E-state index in [1.165, 1.54) is 16.9 Å². The molecule has 0 aliphatic carbocycles. The van der Waals surface area contributed by atoms with Crippen LogP contribution in [0.2, 0.25) is 0 Å². The first-order valence-corrected chi connectivity index (χ1v) is 7.45. The van der Waals surface area contributed by atoms with Gasteiger partial charge in [0.2, 0.25) is 0 Å². The first kappa shape index (κ1) is 14.6. The number of aryl methyl sites for hydroxylation is 1. The van der Waals surface area contributed by atoms with Crippen LogP contribution in [0.5, 0.6) is 0 Å². The Morgan fingerprint density at radius 2 is 1.71 bits per heavy atom. The van der Waals surface area contributed by atoms with Crippen LogP contribution in [-0.2, 0) is 0 Å². The van der Waals surface area contributed by atoms with E-state index < -0.39 is 0 Å². The number of rotatable bonds is 6. The predicted molar refractivity (Wildman–Crippen MR) is 79.7 cm³/mol. The van der Waals surface area contributed by atoms with Crippen molar-refractivity contribution in [2.75, 3.05) is 12.8 Å². The van der Waals surface area contributed by atoms with Crippen LogP contribution in [0.3, 0.4) is 0 Å². The average Bonchev–Trinajstić information content (AvgIpc) is 2.30. The van der Waals surface area contributed by atoms with Crippen LogP contribution >= 0.6 is 11.8 Å². The summed E-state index contributed by atoms with van der Waals surface area (Å²) in [5.74, 6) is 1.99. The monoisotopic (exact) mass is 251 g/mol. The molecule has 17 heavy (non-hydrogen) atoms. The fourth-order valence-electron chi connectivity index (χ4n) is 1.89. The molecule has 1 nitrogen and oxygen atoms in total. The minimum absolute atomic E-state index is 0.444. The molecular weight excluding hydrogens is 226 g/mol. The van der Waals surface area contributed by atoms with Gasteiger partial charge in [0, 0.05) is 11.3 Å². The molecule has 2 atom stereocenters. The molecule has 1 N–H and O–H groups in total. The molecule has 0 aromatic heterocycles. The van der Waals surface area contributed by atoms with E-state index in [0.29, 0.717) is 11.3 Å². The highest BCUT2D eigenvalue weighted by Gasteiger charge is 2.17. The van der Waals surface area contributed by atoms with Crippen molar-refractivity contribution < 1.29 is 0 Å². The largest absolute Gasteiger partial charge is 0.312 e. The molecule has 0 spiro atoms. The molecule has 0 bridgehead atoms. The smallest absolute Gasteiger partial charge is 0.0435 e. The Morgan fingerprint density at radius 3 is 2.18 bits per heavy atom. The van der Waals surface area contributed by atoms with E-state index in [2.05, 4.69) is 76.1 Å². The lowest BCUT2D eigenvalue weighted by Crippen LogP contribution is -2.25. The fraction of sp³-hybridized carbons (Fsp3) is 0.600. The average molecular weight is 251 g/mol. The molecule has 0 saturated carbocycles. The van der Waals surface area contributed by atoms with Crippen molar-refractivity contribution >= 4 is 11.8 Å². The van der Waals surface area contributed by atoms with Gasteiger partial charge in [-0.1, -0.05) is 50.6 Å². The summed E-state index contributed by atoms with van der Waals surface area (Å²) in [4.78, 5) is 0. The molecular formula is C15H25NS. The second-order valence-corrected chi connectivity index (χ2v) is 6.52. The van der Waals surface area contributed by atoms with Gasteiger partial charge in [-0.25, -0.2) is 0 Å². The van der Waals surface area contributed by atoms with E-state index in [4.69, 9.17) is 0 Å². The van der Waals surface area contributed by atoms with Crippen molar-refractivity contribution in [1.29, 1.82) is 0 Å². The lowest BCUT2D eigenvalue weighted by Gasteiger charge is -2.24. The first-order chi connectivity index (χ1) is 8.04. The molecule has 2 heteroatoms. The van der Waals surface area contributed by atoms with Crippen LogP contribution in [0.15, 0.2) is 24.3 Å². The van der Waals surface area contributed by atoms with Gasteiger partial charge in [0.25, 0.3) is 0 Å². The van der Waals surface area contributed by atoms with Gasteiger partial charge >= 0.3 is 0 Å². The maximum absolute atomic E-state index is 3.44. The maximum atomic E-state index is 3.44. The molecule has 0 aliphatic rings. The molecule has 0 saturated heterocycles. The Balaban J connectivity index is 2.66. The summed E-state index contributed by atoms with van der Waals surface area (Å²) >= 11 is 2.05. The highest BCUT2D eigenvalue weighted by Crippen LogP contribution is 2.27. The Hall–Kier alpha value is -0.470. The zero-order valence-electron chi connectivity index (χ0n) is 11.7. The molecule has 2 unspecified atom stereocenters. The highest BCUT2D eigenvalue weighted by molar-refractivity contribution is 7.99. The lowest BCUT2D eigenvalue weighted by atomic mass is 10.0. The molecule has 0 fully saturated rings. The number of hydrogen-bond donors (Lipinski definition) is 1. The first-order valence-electron chi connectivity index (χ1n) is 6.40. The number of thioether (sulfide) groups is 1. The summed E-state index contributed by atoms with van der Waals surface area (Å²) in [6.07, 6.45) is 0. The molecule has 1 aromatic carbocycles. The summed E-state index contributed by atoms with van der Waals surface area (Å²) in [6, 6.07) is 9.31. The molecule has 96 valence electrons. The minimum Gasteiger partial charge on any atom is -0.312 e. The zero-order chi connectivity index (χ0) is 12.8. The second-order valence-electron chi connectivity index (χ2n) is 5.11. The SMILES string of the molecule is CNC(c1ccc(C)cc1)C(C)SCC(C)C. The Labute approximate surface area is 110 Å². The third-order valence-electron chi connectivity index (χ3n) is 2.91. The third kappa shape index (κ3) is 4.72. The van der Waals surface area contributed by atoms with E-state index in [1.807, 2.05) is 0 Å². The van der Waals surface area contributed by atoms with Gasteiger partial charge in [0.05, 0.1) is 0 Å². The summed E-state index contributed by atoms with van der Waals surface area (Å²) < 4.78 is 0. The maximum Gasteiger partial charge on any atom is 0.0435 e. The van der Waals surface area contributed by atoms with Crippen molar-refractivity contribution in [2.24, 2.45) is 5.92 Å². The van der Waals surface area contributed by atoms with E-state index in [1.54, 1.807) is 0 Å². The van der Waals surface area contributed by atoms with Crippen molar-refractivity contribution in [3.8, 4) is 0 Å². The van der Waals surface area contributed by atoms with Gasteiger partial charge in [0.1, 0.15) is 0 Å². The predicted octanol–water partition coefficient (Wildman–Crippen LogP) is 4.03. The molecule has 0 aliphatic heterocycles. The number of nitrogens with one attached hydrogen (secondary N) is 1. The van der Waals surface area contributed by atoms with Crippen LogP contribution in [0.25, 0.3) is 0 Å². The molecule has 1 rings (SSSR count). The highest BCUT2D eigenvalue weighted by atomic mass is 32.2. The van der Waals surface area contributed by atoms with Crippen molar-refractivity contribution in [3.63, 3.8) is 0 Å². The van der Waals surface area contributed by atoms with Gasteiger partial charge in [-0.2, -0.15) is 11.8 Å². The van der Waals surface area contributed by atoms with E-state index >= 15 is 0 Å². The van der Waals surface area contributed by atoms with E-state index in [0.717, 1.165) is 5.92 Å². The van der Waals surface area contributed by atoms with Crippen LogP contribution < -0.4 is 5.32 Å². The van der Waals surface area contributed by atoms with Crippen molar-refractivity contribution in [3.05, 3.63) is 35.4 Å². The quantitative estimate of drug-likeness (QED) is 0.819. The topological polar surface area (TPSA) is 12.0 Å². The van der Waals surface area contributed by atoms with Crippen LogP contribution in [-0.4, -0.2) is 18.1 Å². The molecule has 0 amide bonds. The van der Waals surface area contributed by atoms with Gasteiger partial charge < -0.3 is 5.32 Å². The summed E-state index contributed by atoms with van der Waals surface area (Å²) in [5, 5.41) is 4.04. The summed E-state index contributed by atoms with van der Waals surface area (Å²) in [6.45, 7) is 9.00. The Kier molecular flexibility index (Phi) is 6.07. The van der Waals surface area contributed by atoms with Crippen molar-refractivity contribution in [1.82, 2.24) is 5.32 Å². The van der Waals surface area contributed by atoms with Crippen LogP contribution in [0.1, 0.15) is 37.9 Å². The summed E-state index contributed by atoms with van der Waals surface area (Å²) in [5.41, 5.74) is 2.72. The third-order valence-corrected chi connectivity index (χ3v) is 4.57. The Bertz CT molecular complexity index is 318. The second kappa shape index (κ2) is 7.07. The molecule has 0 heterocycles. The molecule has 1 aromatic rings. The van der Waals surface area contributed by atoms with Gasteiger partial charge in [-0.05, 0) is 31.2 Å². The van der Waals surface area contributed by atoms with E-state index in [-0.39, 0.29) is 0 Å². The summed E-state index contributed by atoms with van der Waals surface area (Å²) in [7, 11) is 2.05. The zero-order valence-corrected chi connectivity index (χ0v) is 12.5. The number of benzene rings is 1. The van der Waals surface area contributed by atoms with Gasteiger partial charge in [-0.15, -0.1) is 0 Å². The van der Waals surface area contributed by atoms with Crippen LogP contribution in [0.4, 0.5) is 0 Å². The van der Waals surface area contributed by atoms with Crippen molar-refractivity contribution in [2.45, 2.75) is 39.0 Å². The molecule has 0 radical (unpaired) electrons. The van der Waals surface area contributed by atoms with E-state index in [9.17, 15) is 0 Å². The van der Waals surface area contributed by atoms with Gasteiger partial charge in [-0.3, -0.25) is 0 Å². The fourth-order valence-corrected chi connectivity index (χ4v) is 3.06. The van der Waals surface area contributed by atoms with Gasteiger partial charge in [0.15, 0.2) is 0 Å². The minimum atomic E-state index is 0.444. The number of hydrogen-bond acceptors (Lipinski definition) is 2. The normalized spacial score (nSPS) is 14.9. The van der Waals surface area contributed by atoms with Crippen LogP contribution in [0, 0.1) is 12.8 Å². The lowest BCUT2D eigenvalue weighted by molar-refractivity contribution is 0.587. The Morgan fingerprint density at radius 1 is 1.12 bits per heavy atom. The standard InChI is InChI=1S/C15H25NS/c1-11(2)10-17-13(4)15(16-5)14-8-6-12(3)7-9-14/h6-9,11,13,15-16H,10H2,1-5H3.